The molecule has 0 aliphatic carbocycles. The molecule has 1 saturated heterocycles. The van der Waals surface area contributed by atoms with Crippen LogP contribution in [0.1, 0.15) is 52.8 Å². The van der Waals surface area contributed by atoms with E-state index in [1.807, 2.05) is 27.9 Å². The largest absolute Gasteiger partial charge is 0.511 e. The number of likely N-dealkylation sites (N-methyl/N-ethyl adjacent to an activating group) is 1. The fourth-order valence-corrected chi connectivity index (χ4v) is 4.82. The number of carbonyl (C=O) groups excluding carboxylic acids is 2. The summed E-state index contributed by atoms with van der Waals surface area (Å²) in [5.41, 5.74) is -0.643. The predicted molar refractivity (Wildman–Crippen MR) is 153 cm³/mol. The van der Waals surface area contributed by atoms with E-state index in [0.29, 0.717) is 17.0 Å². The van der Waals surface area contributed by atoms with Crippen molar-refractivity contribution < 1.29 is 38.4 Å². The lowest BCUT2D eigenvalue weighted by atomic mass is 9.97. The highest BCUT2D eigenvalue weighted by Crippen LogP contribution is 2.43. The molecule has 236 valence electrons. The van der Waals surface area contributed by atoms with E-state index in [-0.39, 0.29) is 12.3 Å². The summed E-state index contributed by atoms with van der Waals surface area (Å²) >= 11 is 0. The molecule has 2 aromatic heterocycles. The Morgan fingerprint density at radius 1 is 1.28 bits per heavy atom. The van der Waals surface area contributed by atoms with Crippen LogP contribution >= 0.6 is 0 Å². The van der Waals surface area contributed by atoms with Crippen LogP contribution < -0.4 is 0 Å². The number of ether oxygens (including phenoxy) is 5. The number of aliphatic hydroxyl groups is 1. The molecule has 1 fully saturated rings. The Morgan fingerprint density at radius 3 is 2.56 bits per heavy atom. The highest BCUT2D eigenvalue weighted by atomic mass is 16.8. The molecule has 15 heteroatoms. The monoisotopic (exact) mass is 603 g/mol. The quantitative estimate of drug-likeness (QED) is 0.162. The van der Waals surface area contributed by atoms with Gasteiger partial charge in [-0.15, -0.1) is 0 Å². The zero-order chi connectivity index (χ0) is 32.1. The van der Waals surface area contributed by atoms with Gasteiger partial charge in [0.05, 0.1) is 12.0 Å². The van der Waals surface area contributed by atoms with E-state index in [2.05, 4.69) is 21.1 Å². The number of aromatic nitrogens is 3. The fraction of sp³-hybridized carbons (Fsp3) is 0.643. The van der Waals surface area contributed by atoms with Crippen LogP contribution in [0.2, 0.25) is 0 Å². The third-order valence-electron chi connectivity index (χ3n) is 6.50. The normalized spacial score (nSPS) is 22.1. The lowest BCUT2D eigenvalue weighted by Crippen LogP contribution is -2.48. The highest BCUT2D eigenvalue weighted by molar-refractivity contribution is 5.76. The molecule has 1 N–H and O–H groups in total. The Morgan fingerprint density at radius 2 is 1.98 bits per heavy atom. The average Bonchev–Trinajstić information content (AvgIpc) is 3.46. The maximum atomic E-state index is 12.6. The zero-order valence-corrected chi connectivity index (χ0v) is 26.0. The molecule has 0 bridgehead atoms. The first-order chi connectivity index (χ1) is 20.1. The summed E-state index contributed by atoms with van der Waals surface area (Å²) in [6.45, 7) is 7.36. The number of hydrogen-bond donors (Lipinski definition) is 1. The lowest BCUT2D eigenvalue weighted by Gasteiger charge is -2.31. The van der Waals surface area contributed by atoms with Crippen molar-refractivity contribution in [2.75, 3.05) is 34.8 Å². The van der Waals surface area contributed by atoms with Gasteiger partial charge in [-0.25, -0.2) is 19.3 Å². The molecule has 0 spiro atoms. The number of nitrogens with zero attached hydrogens (tertiary/aromatic N) is 7. The number of aliphatic imine (C=N–C) groups is 1. The maximum Gasteiger partial charge on any atom is 0.511 e. The Labute approximate surface area is 250 Å². The first-order valence-corrected chi connectivity index (χ1v) is 13.8. The summed E-state index contributed by atoms with van der Waals surface area (Å²) in [6, 6.07) is 5.06. The fourth-order valence-electron chi connectivity index (χ4n) is 4.82. The van der Waals surface area contributed by atoms with E-state index in [1.54, 1.807) is 46.9 Å². The molecule has 3 rings (SSSR count). The molecule has 15 nitrogen and oxygen atoms in total. The molecule has 43 heavy (non-hydrogen) atoms. The zero-order valence-electron chi connectivity index (χ0n) is 26.0. The van der Waals surface area contributed by atoms with Crippen molar-refractivity contribution in [3.8, 4) is 6.07 Å². The standard InChI is InChI=1S/C28H41N7O8/c1-17(2)23(34(8)9)25(36)40-18(3)41-26(37)39-14-28(13-29)22(43-27(4,5)38)12-21(42-28)19-10-11-20-24(31-16-33(6)7)30-15-32-35(19)20/h10-11,15-18,21-23,38H,12,14H2,1-9H3/t18?,21-,22?,23+,28-/m1/s1. The second kappa shape index (κ2) is 13.6. The van der Waals surface area contributed by atoms with Crippen molar-refractivity contribution >= 4 is 29.8 Å². The summed E-state index contributed by atoms with van der Waals surface area (Å²) in [5, 5.41) is 25.0. The molecule has 5 atom stereocenters. The minimum absolute atomic E-state index is 0.0427. The molecule has 1 aliphatic heterocycles. The van der Waals surface area contributed by atoms with Crippen molar-refractivity contribution in [2.24, 2.45) is 10.9 Å². The summed E-state index contributed by atoms with van der Waals surface area (Å²) < 4.78 is 29.3. The van der Waals surface area contributed by atoms with Gasteiger partial charge in [-0.1, -0.05) is 13.8 Å². The van der Waals surface area contributed by atoms with Crippen molar-refractivity contribution in [2.45, 2.75) is 77.0 Å². The minimum atomic E-state index is -1.82. The third-order valence-corrected chi connectivity index (χ3v) is 6.50. The first-order valence-electron chi connectivity index (χ1n) is 13.8. The topological polar surface area (TPSA) is 173 Å². The van der Waals surface area contributed by atoms with Gasteiger partial charge in [-0.2, -0.15) is 10.4 Å². The van der Waals surface area contributed by atoms with Crippen LogP contribution in [-0.4, -0.2) is 113 Å². The Hall–Kier alpha value is -3.84. The Bertz CT molecular complexity index is 1340. The van der Waals surface area contributed by atoms with Crippen molar-refractivity contribution in [3.05, 3.63) is 24.2 Å². The molecule has 2 unspecified atom stereocenters. The van der Waals surface area contributed by atoms with Gasteiger partial charge < -0.3 is 33.7 Å². The second-order valence-corrected chi connectivity index (χ2v) is 11.6. The van der Waals surface area contributed by atoms with Crippen LogP contribution in [0.3, 0.4) is 0 Å². The summed E-state index contributed by atoms with van der Waals surface area (Å²) in [5.74, 6) is -1.81. The summed E-state index contributed by atoms with van der Waals surface area (Å²) in [7, 11) is 7.16. The Balaban J connectivity index is 1.78. The maximum absolute atomic E-state index is 12.6. The number of rotatable bonds is 12. The van der Waals surface area contributed by atoms with E-state index in [4.69, 9.17) is 23.7 Å². The van der Waals surface area contributed by atoms with Gasteiger partial charge in [-0.05, 0) is 46.0 Å². The van der Waals surface area contributed by atoms with Gasteiger partial charge in [0.1, 0.15) is 42.8 Å². The molecule has 0 amide bonds. The number of fused-ring (bicyclic) bond motifs is 1. The molecular weight excluding hydrogens is 562 g/mol. The molecule has 1 aliphatic rings. The Kier molecular flexibility index (Phi) is 10.7. The molecular formula is C28H41N7O8. The number of nitriles is 1. The van der Waals surface area contributed by atoms with Gasteiger partial charge in [0.25, 0.3) is 0 Å². The average molecular weight is 604 g/mol. The van der Waals surface area contributed by atoms with Crippen LogP contribution in [0.15, 0.2) is 23.5 Å². The predicted octanol–water partition coefficient (Wildman–Crippen LogP) is 2.42. The van der Waals surface area contributed by atoms with Gasteiger partial charge in [-0.3, -0.25) is 9.69 Å². The molecule has 3 heterocycles. The van der Waals surface area contributed by atoms with E-state index < -0.39 is 54.7 Å². The van der Waals surface area contributed by atoms with Gasteiger partial charge >= 0.3 is 12.1 Å². The summed E-state index contributed by atoms with van der Waals surface area (Å²) in [6.07, 6.45) is -1.11. The number of carbonyl (C=O) groups is 2. The van der Waals surface area contributed by atoms with Crippen molar-refractivity contribution in [1.82, 2.24) is 24.4 Å². The second-order valence-electron chi connectivity index (χ2n) is 11.6. The van der Waals surface area contributed by atoms with Gasteiger partial charge in [0, 0.05) is 27.4 Å². The van der Waals surface area contributed by atoms with E-state index >= 15 is 0 Å². The van der Waals surface area contributed by atoms with Crippen LogP contribution in [0.25, 0.3) is 5.52 Å². The van der Waals surface area contributed by atoms with Crippen LogP contribution in [0, 0.1) is 17.2 Å². The number of esters is 1. The smallest absolute Gasteiger partial charge is 0.430 e. The van der Waals surface area contributed by atoms with Crippen LogP contribution in [0.5, 0.6) is 0 Å². The molecule has 0 saturated carbocycles. The summed E-state index contributed by atoms with van der Waals surface area (Å²) in [4.78, 5) is 37.2. The van der Waals surface area contributed by atoms with Crippen LogP contribution in [0.4, 0.5) is 10.6 Å². The van der Waals surface area contributed by atoms with Crippen molar-refractivity contribution in [1.29, 1.82) is 5.26 Å². The third kappa shape index (κ3) is 8.38. The van der Waals surface area contributed by atoms with Gasteiger partial charge in [0.2, 0.25) is 11.9 Å². The van der Waals surface area contributed by atoms with Crippen LogP contribution in [-0.2, 0) is 28.5 Å². The highest BCUT2D eigenvalue weighted by Gasteiger charge is 2.54. The van der Waals surface area contributed by atoms with E-state index in [9.17, 15) is 20.0 Å². The van der Waals surface area contributed by atoms with E-state index in [0.717, 1.165) is 0 Å². The van der Waals surface area contributed by atoms with Crippen molar-refractivity contribution in [3.63, 3.8) is 0 Å². The SMILES string of the molecule is CC(OC(=O)OC[C@@]1(C#N)O[C@@H](c2ccc3c(N=CN(C)C)ncnn23)CC1OC(C)(C)O)OC(=O)[C@H](C(C)C)N(C)C. The van der Waals surface area contributed by atoms with E-state index in [1.165, 1.54) is 27.1 Å². The lowest BCUT2D eigenvalue weighted by molar-refractivity contribution is -0.229. The molecule has 0 aromatic carbocycles. The first kappa shape index (κ1) is 33.7. The van der Waals surface area contributed by atoms with Gasteiger partial charge in [0.15, 0.2) is 11.6 Å². The molecule has 2 aromatic rings. The number of hydrogen-bond acceptors (Lipinski definition) is 13. The minimum Gasteiger partial charge on any atom is -0.430 e. The molecule has 0 radical (unpaired) electrons.